The fourth-order valence-corrected chi connectivity index (χ4v) is 1.13. The molecule has 0 unspecified atom stereocenters. The maximum absolute atomic E-state index is 11.4. The van der Waals surface area contributed by atoms with Crippen LogP contribution in [0.5, 0.6) is 0 Å². The average molecular weight is 193 g/mol. The molecule has 1 rings (SSSR count). The topological polar surface area (TPSA) is 54.0 Å². The van der Waals surface area contributed by atoms with Crippen molar-refractivity contribution in [1.29, 1.82) is 0 Å². The van der Waals surface area contributed by atoms with Crippen LogP contribution in [0.15, 0.2) is 18.5 Å². The molecular weight excluding hydrogens is 178 g/mol. The van der Waals surface area contributed by atoms with Gasteiger partial charge in [0.2, 0.25) is 0 Å². The molecule has 0 aliphatic rings. The molecule has 1 aromatic rings. The van der Waals surface area contributed by atoms with Gasteiger partial charge in [-0.1, -0.05) is 6.92 Å². The van der Waals surface area contributed by atoms with E-state index in [1.54, 1.807) is 25.5 Å². The van der Waals surface area contributed by atoms with Crippen molar-refractivity contribution in [2.45, 2.75) is 13.3 Å². The molecule has 0 aliphatic heterocycles. The first-order valence-corrected chi connectivity index (χ1v) is 4.69. The van der Waals surface area contributed by atoms with Crippen molar-refractivity contribution in [3.8, 4) is 0 Å². The zero-order chi connectivity index (χ0) is 10.4. The Morgan fingerprint density at radius 1 is 1.57 bits per heavy atom. The second kappa shape index (κ2) is 5.21. The molecule has 0 atom stereocenters. The summed E-state index contributed by atoms with van der Waals surface area (Å²) in [7, 11) is 1.62. The van der Waals surface area contributed by atoms with Gasteiger partial charge in [0.05, 0.1) is 17.4 Å². The zero-order valence-electron chi connectivity index (χ0n) is 8.50. The van der Waals surface area contributed by atoms with Crippen LogP contribution >= 0.6 is 0 Å². The zero-order valence-corrected chi connectivity index (χ0v) is 8.50. The van der Waals surface area contributed by atoms with Gasteiger partial charge in [-0.05, 0) is 12.5 Å². The van der Waals surface area contributed by atoms with E-state index in [0.29, 0.717) is 5.56 Å². The number of hydrogen-bond donors (Lipinski definition) is 2. The minimum absolute atomic E-state index is 0.0917. The lowest BCUT2D eigenvalue weighted by atomic mass is 10.2. The highest BCUT2D eigenvalue weighted by atomic mass is 16.1. The lowest BCUT2D eigenvalue weighted by Crippen LogP contribution is -2.19. The van der Waals surface area contributed by atoms with E-state index in [0.717, 1.165) is 18.7 Å². The summed E-state index contributed by atoms with van der Waals surface area (Å²) in [6.45, 7) is 2.92. The summed E-state index contributed by atoms with van der Waals surface area (Å²) in [5.74, 6) is -0.0917. The van der Waals surface area contributed by atoms with Crippen LogP contribution in [-0.4, -0.2) is 24.5 Å². The normalized spacial score (nSPS) is 9.57. The molecule has 76 valence electrons. The van der Waals surface area contributed by atoms with Crippen LogP contribution in [0, 0.1) is 0 Å². The Morgan fingerprint density at radius 3 is 3.00 bits per heavy atom. The number of pyridine rings is 1. The molecule has 0 bridgehead atoms. The van der Waals surface area contributed by atoms with Crippen LogP contribution in [0.25, 0.3) is 0 Å². The number of carbonyl (C=O) groups is 1. The Hall–Kier alpha value is -1.58. The molecule has 0 saturated carbocycles. The molecule has 0 fully saturated rings. The highest BCUT2D eigenvalue weighted by molar-refractivity contribution is 5.99. The van der Waals surface area contributed by atoms with Crippen LogP contribution in [0.3, 0.4) is 0 Å². The third-order valence-electron chi connectivity index (χ3n) is 1.86. The van der Waals surface area contributed by atoms with Crippen LogP contribution in [0.4, 0.5) is 5.69 Å². The van der Waals surface area contributed by atoms with Gasteiger partial charge in [0.15, 0.2) is 0 Å². The second-order valence-electron chi connectivity index (χ2n) is 2.93. The molecule has 0 radical (unpaired) electrons. The van der Waals surface area contributed by atoms with E-state index < -0.39 is 0 Å². The molecule has 4 heteroatoms. The quantitative estimate of drug-likeness (QED) is 0.757. The lowest BCUT2D eigenvalue weighted by molar-refractivity contribution is 0.0964. The number of carbonyl (C=O) groups excluding carboxylic acids is 1. The monoisotopic (exact) mass is 193 g/mol. The molecule has 2 N–H and O–H groups in total. The van der Waals surface area contributed by atoms with E-state index in [1.165, 1.54) is 0 Å². The van der Waals surface area contributed by atoms with E-state index in [1.807, 2.05) is 0 Å². The SMILES string of the molecule is CCCNc1cnccc1C(=O)NC. The van der Waals surface area contributed by atoms with Crippen molar-refractivity contribution in [2.24, 2.45) is 0 Å². The fraction of sp³-hybridized carbons (Fsp3) is 0.400. The number of nitrogens with one attached hydrogen (secondary N) is 2. The molecule has 0 aliphatic carbocycles. The second-order valence-corrected chi connectivity index (χ2v) is 2.93. The Balaban J connectivity index is 2.85. The van der Waals surface area contributed by atoms with Crippen molar-refractivity contribution in [1.82, 2.24) is 10.3 Å². The minimum atomic E-state index is -0.0917. The Labute approximate surface area is 83.7 Å². The third-order valence-corrected chi connectivity index (χ3v) is 1.86. The summed E-state index contributed by atoms with van der Waals surface area (Å²) in [5.41, 5.74) is 1.42. The number of anilines is 1. The van der Waals surface area contributed by atoms with Crippen LogP contribution < -0.4 is 10.6 Å². The fourth-order valence-electron chi connectivity index (χ4n) is 1.13. The maximum Gasteiger partial charge on any atom is 0.253 e. The molecule has 0 spiro atoms. The number of amides is 1. The number of nitrogens with zero attached hydrogens (tertiary/aromatic N) is 1. The summed E-state index contributed by atoms with van der Waals surface area (Å²) >= 11 is 0. The van der Waals surface area contributed by atoms with Gasteiger partial charge in [-0.15, -0.1) is 0 Å². The van der Waals surface area contributed by atoms with E-state index in [2.05, 4.69) is 22.5 Å². The van der Waals surface area contributed by atoms with Gasteiger partial charge >= 0.3 is 0 Å². The maximum atomic E-state index is 11.4. The van der Waals surface area contributed by atoms with E-state index in [9.17, 15) is 4.79 Å². The van der Waals surface area contributed by atoms with E-state index >= 15 is 0 Å². The summed E-state index contributed by atoms with van der Waals surface area (Å²) in [6, 6.07) is 1.71. The van der Waals surface area contributed by atoms with Crippen LogP contribution in [0.1, 0.15) is 23.7 Å². The van der Waals surface area contributed by atoms with E-state index in [4.69, 9.17) is 0 Å². The van der Waals surface area contributed by atoms with Crippen molar-refractivity contribution < 1.29 is 4.79 Å². The molecule has 14 heavy (non-hydrogen) atoms. The van der Waals surface area contributed by atoms with Gasteiger partial charge in [-0.25, -0.2) is 0 Å². The number of aromatic nitrogens is 1. The van der Waals surface area contributed by atoms with E-state index in [-0.39, 0.29) is 5.91 Å². The highest BCUT2D eigenvalue weighted by Crippen LogP contribution is 2.12. The summed E-state index contributed by atoms with van der Waals surface area (Å²) in [6.07, 6.45) is 4.30. The largest absolute Gasteiger partial charge is 0.383 e. The summed E-state index contributed by atoms with van der Waals surface area (Å²) in [4.78, 5) is 15.4. The molecule has 0 aromatic carbocycles. The molecule has 1 heterocycles. The first-order chi connectivity index (χ1) is 6.79. The minimum Gasteiger partial charge on any atom is -0.383 e. The van der Waals surface area contributed by atoms with Crippen LogP contribution in [0.2, 0.25) is 0 Å². The van der Waals surface area contributed by atoms with Gasteiger partial charge in [0.1, 0.15) is 0 Å². The van der Waals surface area contributed by atoms with Crippen molar-refractivity contribution >= 4 is 11.6 Å². The van der Waals surface area contributed by atoms with Crippen molar-refractivity contribution in [2.75, 3.05) is 18.9 Å². The van der Waals surface area contributed by atoms with Crippen LogP contribution in [-0.2, 0) is 0 Å². The van der Waals surface area contributed by atoms with Gasteiger partial charge in [-0.3, -0.25) is 9.78 Å². The van der Waals surface area contributed by atoms with Crippen molar-refractivity contribution in [3.05, 3.63) is 24.0 Å². The molecular formula is C10H15N3O. The summed E-state index contributed by atoms with van der Waals surface area (Å²) in [5, 5.41) is 5.75. The molecule has 1 amide bonds. The summed E-state index contributed by atoms with van der Waals surface area (Å²) < 4.78 is 0. The highest BCUT2D eigenvalue weighted by Gasteiger charge is 2.08. The first kappa shape index (κ1) is 10.5. The number of rotatable bonds is 4. The molecule has 1 aromatic heterocycles. The van der Waals surface area contributed by atoms with Crippen molar-refractivity contribution in [3.63, 3.8) is 0 Å². The predicted molar refractivity (Wildman–Crippen MR) is 56.4 cm³/mol. The molecule has 4 nitrogen and oxygen atoms in total. The third kappa shape index (κ3) is 2.45. The Bertz CT molecular complexity index is 312. The standard InChI is InChI=1S/C10H15N3O/c1-3-5-13-9-7-12-6-4-8(9)10(14)11-2/h4,6-7,13H,3,5H2,1-2H3,(H,11,14). The van der Waals surface area contributed by atoms with Gasteiger partial charge in [-0.2, -0.15) is 0 Å². The first-order valence-electron chi connectivity index (χ1n) is 4.69. The Morgan fingerprint density at radius 2 is 2.36 bits per heavy atom. The number of hydrogen-bond acceptors (Lipinski definition) is 3. The van der Waals surface area contributed by atoms with Gasteiger partial charge < -0.3 is 10.6 Å². The molecule has 0 saturated heterocycles. The average Bonchev–Trinajstić information content (AvgIpc) is 2.25. The van der Waals surface area contributed by atoms with Gasteiger partial charge in [0, 0.05) is 19.8 Å². The predicted octanol–water partition coefficient (Wildman–Crippen LogP) is 1.26. The smallest absolute Gasteiger partial charge is 0.253 e. The van der Waals surface area contributed by atoms with Gasteiger partial charge in [0.25, 0.3) is 5.91 Å². The Kier molecular flexibility index (Phi) is 3.91. The lowest BCUT2D eigenvalue weighted by Gasteiger charge is -2.08.